The van der Waals surface area contributed by atoms with E-state index in [1.54, 1.807) is 24.3 Å². The van der Waals surface area contributed by atoms with Crippen LogP contribution in [0, 0.1) is 15.9 Å². The third-order valence-corrected chi connectivity index (χ3v) is 5.84. The predicted molar refractivity (Wildman–Crippen MR) is 123 cm³/mol. The third-order valence-electron chi connectivity index (χ3n) is 5.25. The summed E-state index contributed by atoms with van der Waals surface area (Å²) in [6, 6.07) is 17.4. The highest BCUT2D eigenvalue weighted by molar-refractivity contribution is 9.10. The molecule has 6 nitrogen and oxygen atoms in total. The number of hydrogen-bond acceptors (Lipinski definition) is 4. The van der Waals surface area contributed by atoms with Gasteiger partial charge in [0.1, 0.15) is 12.4 Å². The Labute approximate surface area is 192 Å². The summed E-state index contributed by atoms with van der Waals surface area (Å²) in [6.45, 7) is -0.131. The monoisotopic (exact) mass is 498 g/mol. The zero-order valence-corrected chi connectivity index (χ0v) is 18.8. The van der Waals surface area contributed by atoms with E-state index in [0.717, 1.165) is 16.5 Å². The molecule has 1 N–H and O–H groups in total. The van der Waals surface area contributed by atoms with Gasteiger partial charge in [0.25, 0.3) is 0 Å². The molecule has 1 atom stereocenters. The van der Waals surface area contributed by atoms with E-state index in [1.165, 1.54) is 19.2 Å². The van der Waals surface area contributed by atoms with Crippen LogP contribution in [0.3, 0.4) is 0 Å². The second-order valence-electron chi connectivity index (χ2n) is 7.31. The fraction of sp³-hybridized carbons (Fsp3) is 0.167. The highest BCUT2D eigenvalue weighted by Gasteiger charge is 2.26. The first kappa shape index (κ1) is 21.8. The van der Waals surface area contributed by atoms with Gasteiger partial charge in [0, 0.05) is 22.0 Å². The molecule has 0 saturated carbocycles. The average Bonchev–Trinajstić information content (AvgIpc) is 3.20. The Morgan fingerprint density at radius 3 is 2.72 bits per heavy atom. The maximum absolute atomic E-state index is 13.5. The molecule has 0 aliphatic heterocycles. The fourth-order valence-corrected chi connectivity index (χ4v) is 4.35. The van der Waals surface area contributed by atoms with Crippen molar-refractivity contribution in [2.24, 2.45) is 0 Å². The molecule has 0 amide bonds. The predicted octanol–water partition coefficient (Wildman–Crippen LogP) is 6.07. The minimum atomic E-state index is -0.497. The van der Waals surface area contributed by atoms with Crippen LogP contribution in [-0.4, -0.2) is 23.6 Å². The number of nitrogens with one attached hydrogen (secondary N) is 1. The van der Waals surface area contributed by atoms with Gasteiger partial charge in [0.2, 0.25) is 6.54 Å². The molecule has 164 valence electrons. The molecule has 0 unspecified atom stereocenters. The number of halogens is 2. The topological polar surface area (TPSA) is 77.4 Å². The fourth-order valence-electron chi connectivity index (χ4n) is 3.78. The zero-order valence-electron chi connectivity index (χ0n) is 17.2. The molecule has 1 aromatic heterocycles. The Balaban J connectivity index is 1.71. The number of nitrogens with zero attached hydrogens (tertiary/aromatic N) is 1. The van der Waals surface area contributed by atoms with Crippen molar-refractivity contribution in [3.63, 3.8) is 0 Å². The first-order valence-electron chi connectivity index (χ1n) is 9.88. The van der Waals surface area contributed by atoms with E-state index in [1.807, 2.05) is 30.5 Å². The Bertz CT molecular complexity index is 1270. The molecule has 8 heteroatoms. The first-order valence-corrected chi connectivity index (χ1v) is 10.7. The van der Waals surface area contributed by atoms with Crippen molar-refractivity contribution in [3.8, 4) is 11.5 Å². The first-order chi connectivity index (χ1) is 15.5. The molecule has 0 saturated heterocycles. The smallest absolute Gasteiger partial charge is 0.214 e. The van der Waals surface area contributed by atoms with E-state index in [4.69, 9.17) is 9.47 Å². The summed E-state index contributed by atoms with van der Waals surface area (Å²) >= 11 is 3.52. The molecule has 0 aliphatic rings. The number of hydrogen-bond donors (Lipinski definition) is 1. The number of aromatic amines is 1. The van der Waals surface area contributed by atoms with Gasteiger partial charge in [0.05, 0.1) is 17.5 Å². The van der Waals surface area contributed by atoms with Crippen molar-refractivity contribution in [1.29, 1.82) is 0 Å². The van der Waals surface area contributed by atoms with Gasteiger partial charge in [-0.2, -0.15) is 0 Å². The summed E-state index contributed by atoms with van der Waals surface area (Å²) < 4.78 is 25.5. The molecule has 0 fully saturated rings. The van der Waals surface area contributed by atoms with Crippen molar-refractivity contribution < 1.29 is 18.8 Å². The molecule has 4 rings (SSSR count). The van der Waals surface area contributed by atoms with Crippen molar-refractivity contribution >= 4 is 26.8 Å². The number of para-hydroxylation sites is 1. The molecule has 0 bridgehead atoms. The number of rotatable bonds is 8. The van der Waals surface area contributed by atoms with Crippen LogP contribution in [0.1, 0.15) is 22.6 Å². The molecular weight excluding hydrogens is 479 g/mol. The lowest BCUT2D eigenvalue weighted by atomic mass is 9.90. The largest absolute Gasteiger partial charge is 0.493 e. The lowest BCUT2D eigenvalue weighted by Crippen LogP contribution is -2.14. The normalized spacial score (nSPS) is 12.0. The molecule has 0 radical (unpaired) electrons. The minimum Gasteiger partial charge on any atom is -0.493 e. The minimum absolute atomic E-state index is 0.146. The summed E-state index contributed by atoms with van der Waals surface area (Å²) in [7, 11) is 1.51. The van der Waals surface area contributed by atoms with Crippen LogP contribution in [-0.2, 0) is 6.61 Å². The molecular formula is C24H20BrFN2O4. The van der Waals surface area contributed by atoms with Crippen LogP contribution in [0.5, 0.6) is 11.5 Å². The molecule has 0 spiro atoms. The van der Waals surface area contributed by atoms with Gasteiger partial charge in [-0.25, -0.2) is 4.39 Å². The van der Waals surface area contributed by atoms with E-state index < -0.39 is 5.92 Å². The number of fused-ring (bicyclic) bond motifs is 1. The summed E-state index contributed by atoms with van der Waals surface area (Å²) in [5.41, 5.74) is 3.14. The summed E-state index contributed by atoms with van der Waals surface area (Å²) in [4.78, 5) is 14.4. The van der Waals surface area contributed by atoms with Crippen LogP contribution < -0.4 is 9.47 Å². The van der Waals surface area contributed by atoms with Gasteiger partial charge in [-0.15, -0.1) is 0 Å². The maximum Gasteiger partial charge on any atom is 0.214 e. The lowest BCUT2D eigenvalue weighted by Gasteiger charge is -2.18. The maximum atomic E-state index is 13.5. The molecule has 1 heterocycles. The van der Waals surface area contributed by atoms with Crippen molar-refractivity contribution in [2.45, 2.75) is 12.5 Å². The van der Waals surface area contributed by atoms with E-state index in [9.17, 15) is 14.5 Å². The summed E-state index contributed by atoms with van der Waals surface area (Å²) in [5, 5.41) is 12.4. The Morgan fingerprint density at radius 1 is 1.16 bits per heavy atom. The quantitative estimate of drug-likeness (QED) is 0.236. The SMILES string of the molecule is COc1cc([C@H](C[N+](=O)[O-])c2c[nH]c3ccccc23)cc(Br)c1OCc1cccc(F)c1. The molecule has 0 aliphatic carbocycles. The average molecular weight is 499 g/mol. The number of methoxy groups -OCH3 is 1. The highest BCUT2D eigenvalue weighted by atomic mass is 79.9. The lowest BCUT2D eigenvalue weighted by molar-refractivity contribution is -0.481. The van der Waals surface area contributed by atoms with Gasteiger partial charge < -0.3 is 14.5 Å². The van der Waals surface area contributed by atoms with Gasteiger partial charge in [-0.05, 0) is 63.0 Å². The van der Waals surface area contributed by atoms with E-state index >= 15 is 0 Å². The Morgan fingerprint density at radius 2 is 1.97 bits per heavy atom. The van der Waals surface area contributed by atoms with Crippen molar-refractivity contribution in [1.82, 2.24) is 4.98 Å². The van der Waals surface area contributed by atoms with Gasteiger partial charge in [-0.1, -0.05) is 30.3 Å². The van der Waals surface area contributed by atoms with Gasteiger partial charge in [-0.3, -0.25) is 10.1 Å². The number of ether oxygens (including phenoxy) is 2. The number of benzene rings is 3. The highest BCUT2D eigenvalue weighted by Crippen LogP contribution is 2.41. The van der Waals surface area contributed by atoms with E-state index in [-0.39, 0.29) is 23.9 Å². The van der Waals surface area contributed by atoms with E-state index in [0.29, 0.717) is 27.1 Å². The van der Waals surface area contributed by atoms with Crippen LogP contribution >= 0.6 is 15.9 Å². The third kappa shape index (κ3) is 4.60. The second-order valence-corrected chi connectivity index (χ2v) is 8.16. The van der Waals surface area contributed by atoms with Crippen LogP contribution in [0.15, 0.2) is 71.3 Å². The number of nitro groups is 1. The standard InChI is InChI=1S/C24H20BrFN2O4/c1-31-23-11-16(10-21(25)24(23)32-14-15-5-4-6-17(26)9-15)20(13-28(29)30)19-12-27-22-8-3-2-7-18(19)22/h2-12,20,27H,13-14H2,1H3/t20-/m0/s1. The Hall–Kier alpha value is -3.39. The van der Waals surface area contributed by atoms with Crippen molar-refractivity contribution in [3.05, 3.63) is 104 Å². The van der Waals surface area contributed by atoms with Crippen LogP contribution in [0.2, 0.25) is 0 Å². The van der Waals surface area contributed by atoms with Crippen LogP contribution in [0.25, 0.3) is 10.9 Å². The summed E-state index contributed by atoms with van der Waals surface area (Å²) in [6.07, 6.45) is 1.81. The Kier molecular flexibility index (Phi) is 6.41. The van der Waals surface area contributed by atoms with Gasteiger partial charge >= 0.3 is 0 Å². The number of H-pyrrole nitrogens is 1. The van der Waals surface area contributed by atoms with Crippen molar-refractivity contribution in [2.75, 3.05) is 13.7 Å². The second kappa shape index (κ2) is 9.40. The zero-order chi connectivity index (χ0) is 22.7. The molecule has 4 aromatic rings. The van der Waals surface area contributed by atoms with E-state index in [2.05, 4.69) is 20.9 Å². The van der Waals surface area contributed by atoms with Crippen LogP contribution in [0.4, 0.5) is 4.39 Å². The molecule has 3 aromatic carbocycles. The number of aromatic nitrogens is 1. The molecule has 32 heavy (non-hydrogen) atoms. The van der Waals surface area contributed by atoms with Gasteiger partial charge in [0.15, 0.2) is 11.5 Å². The summed E-state index contributed by atoms with van der Waals surface area (Å²) in [5.74, 6) is 0.0377.